The molecule has 0 unspecified atom stereocenters. The monoisotopic (exact) mass is 231 g/mol. The van der Waals surface area contributed by atoms with Gasteiger partial charge < -0.3 is 5.32 Å². The molecule has 0 aliphatic heterocycles. The van der Waals surface area contributed by atoms with Crippen molar-refractivity contribution in [2.45, 2.75) is 51.4 Å². The Balaban J connectivity index is 2.12. The molecule has 0 radical (unpaired) electrons. The molecule has 94 valence electrons. The lowest BCUT2D eigenvalue weighted by molar-refractivity contribution is 0.405. The largest absolute Gasteiger partial charge is 0.316 e. The summed E-state index contributed by atoms with van der Waals surface area (Å²) < 4.78 is 0. The van der Waals surface area contributed by atoms with Gasteiger partial charge in [0, 0.05) is 12.0 Å². The van der Waals surface area contributed by atoms with Gasteiger partial charge in [0.05, 0.1) is 0 Å². The van der Waals surface area contributed by atoms with Crippen molar-refractivity contribution in [1.82, 2.24) is 5.32 Å². The van der Waals surface area contributed by atoms with Crippen molar-refractivity contribution in [1.29, 1.82) is 0 Å². The zero-order chi connectivity index (χ0) is 12.1. The van der Waals surface area contributed by atoms with Gasteiger partial charge in [0.2, 0.25) is 0 Å². The van der Waals surface area contributed by atoms with E-state index in [0.717, 1.165) is 13.1 Å². The third kappa shape index (κ3) is 2.90. The van der Waals surface area contributed by atoms with Gasteiger partial charge in [-0.25, -0.2) is 0 Å². The molecule has 1 aromatic carbocycles. The van der Waals surface area contributed by atoms with Gasteiger partial charge in [0.25, 0.3) is 0 Å². The Bertz CT molecular complexity index is 333. The number of hydrogen-bond donors (Lipinski definition) is 1. The first-order chi connectivity index (χ1) is 8.27. The second kappa shape index (κ2) is 5.68. The Morgan fingerprint density at radius 1 is 1.12 bits per heavy atom. The summed E-state index contributed by atoms with van der Waals surface area (Å²) in [4.78, 5) is 0. The molecule has 1 saturated carbocycles. The summed E-state index contributed by atoms with van der Waals surface area (Å²) >= 11 is 0. The highest BCUT2D eigenvalue weighted by Gasteiger charge is 2.34. The second-order valence-electron chi connectivity index (χ2n) is 5.53. The molecule has 1 nitrogen and oxygen atoms in total. The lowest BCUT2D eigenvalue weighted by atomic mass is 9.78. The molecule has 0 amide bonds. The highest BCUT2D eigenvalue weighted by atomic mass is 14.9. The van der Waals surface area contributed by atoms with Crippen LogP contribution in [0.1, 0.15) is 50.2 Å². The maximum absolute atomic E-state index is 3.63. The smallest absolute Gasteiger partial charge is 0.00777 e. The molecule has 1 N–H and O–H groups in total. The van der Waals surface area contributed by atoms with Crippen LogP contribution in [0.2, 0.25) is 0 Å². The molecule has 0 atom stereocenters. The number of rotatable bonds is 5. The third-order valence-electron chi connectivity index (χ3n) is 4.11. The molecule has 0 heterocycles. The van der Waals surface area contributed by atoms with E-state index in [1.165, 1.54) is 37.7 Å². The van der Waals surface area contributed by atoms with E-state index in [2.05, 4.69) is 43.4 Å². The SMILES string of the molecule is CCCNCC1(c2ccc(C)cc2)CCCC1. The molecule has 1 fully saturated rings. The molecule has 0 spiro atoms. The molecule has 0 aromatic heterocycles. The fraction of sp³-hybridized carbons (Fsp3) is 0.625. The van der Waals surface area contributed by atoms with Gasteiger partial charge in [-0.15, -0.1) is 0 Å². The predicted octanol–water partition coefficient (Wildman–Crippen LogP) is 3.81. The average Bonchev–Trinajstić information content (AvgIpc) is 2.80. The van der Waals surface area contributed by atoms with E-state index in [1.54, 1.807) is 5.56 Å². The van der Waals surface area contributed by atoms with Crippen molar-refractivity contribution in [2.24, 2.45) is 0 Å². The summed E-state index contributed by atoms with van der Waals surface area (Å²) in [5.41, 5.74) is 3.33. The number of hydrogen-bond acceptors (Lipinski definition) is 1. The van der Waals surface area contributed by atoms with Crippen LogP contribution in [0.4, 0.5) is 0 Å². The standard InChI is InChI=1S/C16H25N/c1-3-12-17-13-16(10-4-5-11-16)15-8-6-14(2)7-9-15/h6-9,17H,3-5,10-13H2,1-2H3. The highest BCUT2D eigenvalue weighted by molar-refractivity contribution is 5.30. The van der Waals surface area contributed by atoms with Crippen molar-refractivity contribution in [3.05, 3.63) is 35.4 Å². The Morgan fingerprint density at radius 3 is 2.35 bits per heavy atom. The Labute approximate surface area is 106 Å². The lowest BCUT2D eigenvalue weighted by Crippen LogP contribution is -2.36. The quantitative estimate of drug-likeness (QED) is 0.760. The van der Waals surface area contributed by atoms with Gasteiger partial charge in [-0.2, -0.15) is 0 Å². The van der Waals surface area contributed by atoms with Crippen molar-refractivity contribution in [2.75, 3.05) is 13.1 Å². The first-order valence-electron chi connectivity index (χ1n) is 7.05. The highest BCUT2D eigenvalue weighted by Crippen LogP contribution is 2.40. The number of aryl methyl sites for hydroxylation is 1. The molecule has 2 rings (SSSR count). The molecule has 1 heteroatoms. The number of nitrogens with one attached hydrogen (secondary N) is 1. The van der Waals surface area contributed by atoms with Crippen LogP contribution in [0.25, 0.3) is 0 Å². The maximum atomic E-state index is 3.63. The van der Waals surface area contributed by atoms with E-state index in [-0.39, 0.29) is 0 Å². The van der Waals surface area contributed by atoms with E-state index < -0.39 is 0 Å². The predicted molar refractivity (Wildman–Crippen MR) is 74.5 cm³/mol. The van der Waals surface area contributed by atoms with E-state index >= 15 is 0 Å². The van der Waals surface area contributed by atoms with Gasteiger partial charge >= 0.3 is 0 Å². The summed E-state index contributed by atoms with van der Waals surface area (Å²) in [6.45, 7) is 6.71. The summed E-state index contributed by atoms with van der Waals surface area (Å²) in [7, 11) is 0. The second-order valence-corrected chi connectivity index (χ2v) is 5.53. The molecule has 17 heavy (non-hydrogen) atoms. The Morgan fingerprint density at radius 2 is 1.76 bits per heavy atom. The summed E-state index contributed by atoms with van der Waals surface area (Å²) in [6.07, 6.45) is 6.72. The van der Waals surface area contributed by atoms with Crippen LogP contribution in [0.3, 0.4) is 0 Å². The molecule has 1 aliphatic rings. The van der Waals surface area contributed by atoms with Gasteiger partial charge in [0.1, 0.15) is 0 Å². The van der Waals surface area contributed by atoms with E-state index in [1.807, 2.05) is 0 Å². The van der Waals surface area contributed by atoms with Gasteiger partial charge in [0.15, 0.2) is 0 Å². The average molecular weight is 231 g/mol. The normalized spacial score (nSPS) is 18.5. The molecule has 1 aliphatic carbocycles. The molecular formula is C16H25N. The first kappa shape index (κ1) is 12.6. The topological polar surface area (TPSA) is 12.0 Å². The molecule has 1 aromatic rings. The third-order valence-corrected chi connectivity index (χ3v) is 4.11. The van der Waals surface area contributed by atoms with Gasteiger partial charge in [-0.1, -0.05) is 49.6 Å². The van der Waals surface area contributed by atoms with Crippen molar-refractivity contribution in [3.8, 4) is 0 Å². The minimum atomic E-state index is 0.420. The van der Waals surface area contributed by atoms with Crippen LogP contribution in [-0.4, -0.2) is 13.1 Å². The minimum Gasteiger partial charge on any atom is -0.316 e. The van der Waals surface area contributed by atoms with Crippen LogP contribution >= 0.6 is 0 Å². The molecular weight excluding hydrogens is 206 g/mol. The summed E-state index contributed by atoms with van der Waals surface area (Å²) in [5, 5.41) is 3.63. The summed E-state index contributed by atoms with van der Waals surface area (Å²) in [6, 6.07) is 9.20. The van der Waals surface area contributed by atoms with Gasteiger partial charge in [-0.05, 0) is 38.3 Å². The van der Waals surface area contributed by atoms with Crippen molar-refractivity contribution < 1.29 is 0 Å². The van der Waals surface area contributed by atoms with E-state index in [0.29, 0.717) is 5.41 Å². The summed E-state index contributed by atoms with van der Waals surface area (Å²) in [5.74, 6) is 0. The van der Waals surface area contributed by atoms with Crippen molar-refractivity contribution in [3.63, 3.8) is 0 Å². The van der Waals surface area contributed by atoms with Crippen LogP contribution < -0.4 is 5.32 Å². The zero-order valence-corrected chi connectivity index (χ0v) is 11.3. The fourth-order valence-corrected chi connectivity index (χ4v) is 3.03. The van der Waals surface area contributed by atoms with Crippen molar-refractivity contribution >= 4 is 0 Å². The fourth-order valence-electron chi connectivity index (χ4n) is 3.03. The van der Waals surface area contributed by atoms with Crippen LogP contribution in [0.15, 0.2) is 24.3 Å². The van der Waals surface area contributed by atoms with Crippen LogP contribution in [0, 0.1) is 6.92 Å². The molecule has 0 saturated heterocycles. The van der Waals surface area contributed by atoms with Crippen LogP contribution in [0.5, 0.6) is 0 Å². The van der Waals surface area contributed by atoms with E-state index in [9.17, 15) is 0 Å². The first-order valence-corrected chi connectivity index (χ1v) is 7.05. The Kier molecular flexibility index (Phi) is 4.22. The minimum absolute atomic E-state index is 0.420. The van der Waals surface area contributed by atoms with Gasteiger partial charge in [-0.3, -0.25) is 0 Å². The molecule has 0 bridgehead atoms. The van der Waals surface area contributed by atoms with E-state index in [4.69, 9.17) is 0 Å². The Hall–Kier alpha value is -0.820. The van der Waals surface area contributed by atoms with Crippen LogP contribution in [-0.2, 0) is 5.41 Å². The lowest BCUT2D eigenvalue weighted by Gasteiger charge is -2.30. The zero-order valence-electron chi connectivity index (χ0n) is 11.3. The maximum Gasteiger partial charge on any atom is 0.00777 e. The number of benzene rings is 1.